The lowest BCUT2D eigenvalue weighted by atomic mass is 9.86. The molecule has 0 aliphatic carbocycles. The van der Waals surface area contributed by atoms with Crippen LogP contribution in [0.4, 0.5) is 0 Å². The lowest BCUT2D eigenvalue weighted by Crippen LogP contribution is -2.11. The molecule has 0 saturated carbocycles. The van der Waals surface area contributed by atoms with Crippen LogP contribution in [0.3, 0.4) is 0 Å². The van der Waals surface area contributed by atoms with Gasteiger partial charge in [0.05, 0.1) is 6.61 Å². The van der Waals surface area contributed by atoms with Gasteiger partial charge in [-0.1, -0.05) is 52.5 Å². The summed E-state index contributed by atoms with van der Waals surface area (Å²) in [6.07, 6.45) is 0. The van der Waals surface area contributed by atoms with Crippen molar-refractivity contribution in [3.63, 3.8) is 0 Å². The first kappa shape index (κ1) is 13.2. The zero-order valence-electron chi connectivity index (χ0n) is 8.92. The maximum Gasteiger partial charge on any atom is 0.0713 e. The molecule has 0 unspecified atom stereocenters. The fourth-order valence-electron chi connectivity index (χ4n) is 1.29. The van der Waals surface area contributed by atoms with Gasteiger partial charge in [-0.05, 0) is 16.5 Å². The summed E-state index contributed by atoms with van der Waals surface area (Å²) in [4.78, 5) is 0. The van der Waals surface area contributed by atoms with Gasteiger partial charge in [0.2, 0.25) is 0 Å². The van der Waals surface area contributed by atoms with Crippen LogP contribution in [0.2, 0.25) is 0 Å². The van der Waals surface area contributed by atoms with E-state index in [4.69, 9.17) is 4.74 Å². The van der Waals surface area contributed by atoms with E-state index in [1.165, 1.54) is 11.1 Å². The molecule has 0 radical (unpaired) electrons. The van der Waals surface area contributed by atoms with E-state index >= 15 is 0 Å². The van der Waals surface area contributed by atoms with Crippen molar-refractivity contribution in [2.24, 2.45) is 0 Å². The number of methoxy groups -OCH3 is 1. The van der Waals surface area contributed by atoms with Gasteiger partial charge in [-0.2, -0.15) is 0 Å². The summed E-state index contributed by atoms with van der Waals surface area (Å²) in [5, 5.41) is 0. The molecular weight excluding hydrogens is 172 g/mol. The largest absolute Gasteiger partial charge is 0.380 e. The van der Waals surface area contributed by atoms with Gasteiger partial charge < -0.3 is 4.74 Å². The number of ether oxygens (including phenoxy) is 1. The molecule has 0 saturated heterocycles. The number of benzene rings is 1. The molecule has 1 heteroatoms. The highest BCUT2D eigenvalue weighted by Crippen LogP contribution is 2.22. The molecule has 1 aromatic carbocycles. The predicted molar refractivity (Wildman–Crippen MR) is 62.6 cm³/mol. The SMILES string of the molecule is C.COCc1cccc(C(C)(C)C)c1. The van der Waals surface area contributed by atoms with E-state index in [9.17, 15) is 0 Å². The minimum absolute atomic E-state index is 0. The number of hydrogen-bond acceptors (Lipinski definition) is 1. The molecule has 0 aliphatic rings. The molecular formula is C13H22O. The first-order valence-electron chi connectivity index (χ1n) is 4.62. The van der Waals surface area contributed by atoms with Gasteiger partial charge in [0.15, 0.2) is 0 Å². The average molecular weight is 194 g/mol. The normalized spacial score (nSPS) is 10.9. The Morgan fingerprint density at radius 3 is 2.36 bits per heavy atom. The Labute approximate surface area is 88.1 Å². The van der Waals surface area contributed by atoms with E-state index < -0.39 is 0 Å². The van der Waals surface area contributed by atoms with Crippen LogP contribution >= 0.6 is 0 Å². The van der Waals surface area contributed by atoms with E-state index in [1.807, 2.05) is 0 Å². The molecule has 1 rings (SSSR count). The van der Waals surface area contributed by atoms with Crippen molar-refractivity contribution in [2.45, 2.75) is 40.2 Å². The van der Waals surface area contributed by atoms with Crippen molar-refractivity contribution in [2.75, 3.05) is 7.11 Å². The Bertz CT molecular complexity index is 271. The van der Waals surface area contributed by atoms with Gasteiger partial charge in [-0.3, -0.25) is 0 Å². The minimum Gasteiger partial charge on any atom is -0.380 e. The molecule has 0 aromatic heterocycles. The van der Waals surface area contributed by atoms with E-state index in [1.54, 1.807) is 7.11 Å². The van der Waals surface area contributed by atoms with Crippen molar-refractivity contribution >= 4 is 0 Å². The molecule has 1 nitrogen and oxygen atoms in total. The van der Waals surface area contributed by atoms with Crippen LogP contribution in [-0.2, 0) is 16.8 Å². The van der Waals surface area contributed by atoms with Gasteiger partial charge in [-0.25, -0.2) is 0 Å². The van der Waals surface area contributed by atoms with Gasteiger partial charge in [0.25, 0.3) is 0 Å². The second kappa shape index (κ2) is 5.16. The van der Waals surface area contributed by atoms with Crippen LogP contribution < -0.4 is 0 Å². The standard InChI is InChI=1S/C12H18O.CH4/c1-12(2,3)11-7-5-6-10(8-11)9-13-4;/h5-8H,9H2,1-4H3;1H4. The van der Waals surface area contributed by atoms with Crippen molar-refractivity contribution in [3.8, 4) is 0 Å². The summed E-state index contributed by atoms with van der Waals surface area (Å²) < 4.78 is 5.10. The van der Waals surface area contributed by atoms with Crippen molar-refractivity contribution in [1.82, 2.24) is 0 Å². The maximum absolute atomic E-state index is 5.10. The quantitative estimate of drug-likeness (QED) is 0.696. The lowest BCUT2D eigenvalue weighted by molar-refractivity contribution is 0.185. The summed E-state index contributed by atoms with van der Waals surface area (Å²) in [6, 6.07) is 8.57. The second-order valence-electron chi connectivity index (χ2n) is 4.38. The third-order valence-electron chi connectivity index (χ3n) is 2.10. The summed E-state index contributed by atoms with van der Waals surface area (Å²) in [5.41, 5.74) is 2.83. The van der Waals surface area contributed by atoms with Crippen LogP contribution in [0.15, 0.2) is 24.3 Å². The summed E-state index contributed by atoms with van der Waals surface area (Å²) >= 11 is 0. The zero-order valence-corrected chi connectivity index (χ0v) is 8.92. The highest BCUT2D eigenvalue weighted by molar-refractivity contribution is 5.28. The fraction of sp³-hybridized carbons (Fsp3) is 0.538. The molecule has 0 bridgehead atoms. The van der Waals surface area contributed by atoms with Crippen molar-refractivity contribution < 1.29 is 4.74 Å². The number of hydrogen-bond donors (Lipinski definition) is 0. The summed E-state index contributed by atoms with van der Waals surface area (Å²) in [5.74, 6) is 0. The van der Waals surface area contributed by atoms with E-state index in [0.717, 1.165) is 0 Å². The molecule has 1 aromatic rings. The zero-order chi connectivity index (χ0) is 9.90. The molecule has 0 amide bonds. The molecule has 0 spiro atoms. The van der Waals surface area contributed by atoms with Gasteiger partial charge in [0.1, 0.15) is 0 Å². The lowest BCUT2D eigenvalue weighted by Gasteiger charge is -2.19. The van der Waals surface area contributed by atoms with Crippen LogP contribution in [0.25, 0.3) is 0 Å². The average Bonchev–Trinajstić information content (AvgIpc) is 2.04. The van der Waals surface area contributed by atoms with E-state index in [-0.39, 0.29) is 12.8 Å². The van der Waals surface area contributed by atoms with Crippen molar-refractivity contribution in [3.05, 3.63) is 35.4 Å². The van der Waals surface area contributed by atoms with Crippen molar-refractivity contribution in [1.29, 1.82) is 0 Å². The van der Waals surface area contributed by atoms with Crippen LogP contribution in [0.1, 0.15) is 39.3 Å². The van der Waals surface area contributed by atoms with E-state index in [0.29, 0.717) is 6.61 Å². The van der Waals surface area contributed by atoms with Gasteiger partial charge >= 0.3 is 0 Å². The second-order valence-corrected chi connectivity index (χ2v) is 4.38. The van der Waals surface area contributed by atoms with Crippen LogP contribution in [0, 0.1) is 0 Å². The first-order valence-corrected chi connectivity index (χ1v) is 4.62. The number of rotatable bonds is 2. The topological polar surface area (TPSA) is 9.23 Å². The third kappa shape index (κ3) is 3.51. The summed E-state index contributed by atoms with van der Waals surface area (Å²) in [7, 11) is 1.73. The molecule has 0 aliphatic heterocycles. The predicted octanol–water partition coefficient (Wildman–Crippen LogP) is 3.77. The van der Waals surface area contributed by atoms with Gasteiger partial charge in [-0.15, -0.1) is 0 Å². The fourth-order valence-corrected chi connectivity index (χ4v) is 1.29. The maximum atomic E-state index is 5.10. The first-order chi connectivity index (χ1) is 6.04. The monoisotopic (exact) mass is 194 g/mol. The Kier molecular flexibility index (Phi) is 4.86. The molecule has 80 valence electrons. The molecule has 0 atom stereocenters. The Hall–Kier alpha value is -0.820. The Morgan fingerprint density at radius 2 is 1.86 bits per heavy atom. The van der Waals surface area contributed by atoms with E-state index in [2.05, 4.69) is 45.0 Å². The molecule has 0 heterocycles. The van der Waals surface area contributed by atoms with Crippen LogP contribution in [0.5, 0.6) is 0 Å². The highest BCUT2D eigenvalue weighted by atomic mass is 16.5. The Balaban J connectivity index is 0.00000169. The molecule has 0 fully saturated rings. The highest BCUT2D eigenvalue weighted by Gasteiger charge is 2.13. The van der Waals surface area contributed by atoms with Crippen LogP contribution in [-0.4, -0.2) is 7.11 Å². The minimum atomic E-state index is 0. The van der Waals surface area contributed by atoms with Gasteiger partial charge in [0, 0.05) is 7.11 Å². The molecule has 0 N–H and O–H groups in total. The Morgan fingerprint density at radius 1 is 1.21 bits per heavy atom. The summed E-state index contributed by atoms with van der Waals surface area (Å²) in [6.45, 7) is 7.36. The third-order valence-corrected chi connectivity index (χ3v) is 2.10. The molecule has 14 heavy (non-hydrogen) atoms. The smallest absolute Gasteiger partial charge is 0.0713 e.